The quantitative estimate of drug-likeness (QED) is 0.433. The summed E-state index contributed by atoms with van der Waals surface area (Å²) in [5, 5.41) is 23.0. The molecule has 0 aromatic carbocycles. The van der Waals surface area contributed by atoms with Crippen LogP contribution in [0.3, 0.4) is 0 Å². The van der Waals surface area contributed by atoms with E-state index in [4.69, 9.17) is 0 Å². The molecule has 0 aliphatic heterocycles. The van der Waals surface area contributed by atoms with Crippen molar-refractivity contribution in [2.45, 2.75) is 123 Å². The van der Waals surface area contributed by atoms with Gasteiger partial charge in [0.15, 0.2) is 0 Å². The van der Waals surface area contributed by atoms with Gasteiger partial charge in [0.1, 0.15) is 5.82 Å². The third-order valence-electron chi connectivity index (χ3n) is 11.9. The highest BCUT2D eigenvalue weighted by Gasteiger charge is 2.68. The van der Waals surface area contributed by atoms with Gasteiger partial charge < -0.3 is 15.2 Å². The number of hydrogen-bond acceptors (Lipinski definition) is 3. The highest BCUT2D eigenvalue weighted by molar-refractivity contribution is 5.22. The Balaban J connectivity index is 1.43. The lowest BCUT2D eigenvalue weighted by Crippen LogP contribution is -2.66. The van der Waals surface area contributed by atoms with Gasteiger partial charge in [0.05, 0.1) is 11.7 Å². The number of imidazole rings is 1. The second-order valence-corrected chi connectivity index (χ2v) is 13.9. The van der Waals surface area contributed by atoms with Crippen LogP contribution in [0.25, 0.3) is 0 Å². The van der Waals surface area contributed by atoms with Crippen molar-refractivity contribution in [3.05, 3.63) is 18.2 Å². The van der Waals surface area contributed by atoms with E-state index in [9.17, 15) is 10.2 Å². The minimum absolute atomic E-state index is 0.00596. The number of hydrogen-bond donors (Lipinski definition) is 3. The third kappa shape index (κ3) is 3.72. The maximum atomic E-state index is 12.4. The zero-order valence-electron chi connectivity index (χ0n) is 22.4. The standard InChI is InChI=1S/C30H50N2O2/c1-19(2)7-6-8-20(3)23-9-10-24-22-17-26(27-31-15-16-32-27)30(34)18-21(33)11-14-29(30,5)25(22)12-13-28(23,24)4/h15-16,19-26,33-34H,6-14,17-18H2,1-5H3,(H,31,32)/t20-,21?,22+,23-,24+,25+,26?,28-,29-,30?/m1/s1. The number of aliphatic hydroxyl groups excluding tert-OH is 1. The third-order valence-corrected chi connectivity index (χ3v) is 11.9. The number of aromatic amines is 1. The van der Waals surface area contributed by atoms with Gasteiger partial charge in [-0.2, -0.15) is 0 Å². The van der Waals surface area contributed by atoms with Crippen molar-refractivity contribution in [2.75, 3.05) is 0 Å². The fourth-order valence-corrected chi connectivity index (χ4v) is 10.1. The molecule has 0 bridgehead atoms. The first-order valence-electron chi connectivity index (χ1n) is 14.5. The summed E-state index contributed by atoms with van der Waals surface area (Å²) in [6.45, 7) is 12.3. The highest BCUT2D eigenvalue weighted by atomic mass is 16.3. The van der Waals surface area contributed by atoms with Crippen LogP contribution in [0.2, 0.25) is 0 Å². The molecule has 0 amide bonds. The average molecular weight is 471 g/mol. The van der Waals surface area contributed by atoms with Crippen LogP contribution in [0.5, 0.6) is 0 Å². The van der Waals surface area contributed by atoms with Gasteiger partial charge in [0.2, 0.25) is 0 Å². The van der Waals surface area contributed by atoms with Crippen molar-refractivity contribution in [1.82, 2.24) is 9.97 Å². The molecule has 1 aromatic heterocycles. The van der Waals surface area contributed by atoms with E-state index in [2.05, 4.69) is 44.6 Å². The summed E-state index contributed by atoms with van der Waals surface area (Å²) in [5.74, 6) is 5.37. The van der Waals surface area contributed by atoms with Gasteiger partial charge in [-0.1, -0.05) is 53.9 Å². The fourth-order valence-electron chi connectivity index (χ4n) is 10.1. The minimum atomic E-state index is -0.875. The van der Waals surface area contributed by atoms with E-state index in [1.54, 1.807) is 0 Å². The number of aliphatic hydroxyl groups is 2. The van der Waals surface area contributed by atoms with Crippen molar-refractivity contribution in [3.8, 4) is 0 Å². The topological polar surface area (TPSA) is 69.1 Å². The Hall–Kier alpha value is -0.870. The molecule has 3 N–H and O–H groups in total. The summed E-state index contributed by atoms with van der Waals surface area (Å²) in [5.41, 5.74) is -0.583. The first kappa shape index (κ1) is 24.8. The lowest BCUT2D eigenvalue weighted by atomic mass is 9.40. The summed E-state index contributed by atoms with van der Waals surface area (Å²) in [6, 6.07) is 0. The summed E-state index contributed by atoms with van der Waals surface area (Å²) >= 11 is 0. The maximum absolute atomic E-state index is 12.4. The Morgan fingerprint density at radius 3 is 2.56 bits per heavy atom. The molecule has 4 aliphatic rings. The summed E-state index contributed by atoms with van der Waals surface area (Å²) in [6.07, 6.45) is 16.0. The van der Waals surface area contributed by atoms with Gasteiger partial charge in [0.25, 0.3) is 0 Å². The van der Waals surface area contributed by atoms with Crippen LogP contribution in [-0.2, 0) is 0 Å². The van der Waals surface area contributed by atoms with Crippen LogP contribution in [0.15, 0.2) is 12.4 Å². The summed E-state index contributed by atoms with van der Waals surface area (Å²) in [4.78, 5) is 8.03. The predicted octanol–water partition coefficient (Wildman–Crippen LogP) is 6.70. The number of rotatable bonds is 6. The van der Waals surface area contributed by atoms with Crippen LogP contribution < -0.4 is 0 Å². The van der Waals surface area contributed by atoms with Gasteiger partial charge in [-0.3, -0.25) is 0 Å². The molecule has 5 rings (SSSR count). The lowest BCUT2D eigenvalue weighted by Gasteiger charge is -2.66. The van der Waals surface area contributed by atoms with Crippen molar-refractivity contribution in [1.29, 1.82) is 0 Å². The van der Waals surface area contributed by atoms with E-state index in [1.165, 1.54) is 44.9 Å². The Morgan fingerprint density at radius 2 is 1.85 bits per heavy atom. The molecular weight excluding hydrogens is 420 g/mol. The monoisotopic (exact) mass is 470 g/mol. The lowest BCUT2D eigenvalue weighted by molar-refractivity contribution is -0.232. The van der Waals surface area contributed by atoms with Crippen molar-refractivity contribution in [2.24, 2.45) is 46.3 Å². The molecule has 4 saturated carbocycles. The number of nitrogens with one attached hydrogen (secondary N) is 1. The molecule has 0 saturated heterocycles. The zero-order chi connectivity index (χ0) is 24.3. The van der Waals surface area contributed by atoms with E-state index < -0.39 is 11.7 Å². The molecule has 192 valence electrons. The molecule has 1 heterocycles. The second kappa shape index (κ2) is 8.91. The second-order valence-electron chi connectivity index (χ2n) is 13.9. The van der Waals surface area contributed by atoms with E-state index in [-0.39, 0.29) is 11.3 Å². The maximum Gasteiger partial charge on any atom is 0.112 e. The Bertz CT molecular complexity index is 839. The van der Waals surface area contributed by atoms with Crippen molar-refractivity contribution < 1.29 is 10.2 Å². The van der Waals surface area contributed by atoms with Crippen LogP contribution in [0.4, 0.5) is 0 Å². The molecular formula is C30H50N2O2. The Labute approximate surface area is 207 Å². The van der Waals surface area contributed by atoms with Gasteiger partial charge in [-0.15, -0.1) is 0 Å². The van der Waals surface area contributed by atoms with Gasteiger partial charge in [-0.05, 0) is 85.9 Å². The smallest absolute Gasteiger partial charge is 0.112 e. The molecule has 3 unspecified atom stereocenters. The zero-order valence-corrected chi connectivity index (χ0v) is 22.4. The molecule has 34 heavy (non-hydrogen) atoms. The molecule has 4 aliphatic carbocycles. The SMILES string of the molecule is CC(C)CCC[C@@H](C)[C@H]1CC[C@H]2[C@@H]3CC(c4ncc[nH]4)C4(O)CC(O)CC[C@]4(C)[C@H]3CC[C@]12C. The Kier molecular flexibility index (Phi) is 6.50. The van der Waals surface area contributed by atoms with Crippen LogP contribution in [0.1, 0.15) is 117 Å². The molecule has 4 fully saturated rings. The largest absolute Gasteiger partial charge is 0.393 e. The molecule has 4 heteroatoms. The van der Waals surface area contributed by atoms with E-state index >= 15 is 0 Å². The predicted molar refractivity (Wildman–Crippen MR) is 137 cm³/mol. The highest BCUT2D eigenvalue weighted by Crippen LogP contribution is 2.71. The van der Waals surface area contributed by atoms with Crippen LogP contribution >= 0.6 is 0 Å². The van der Waals surface area contributed by atoms with E-state index in [0.717, 1.165) is 48.8 Å². The van der Waals surface area contributed by atoms with Crippen LogP contribution in [0, 0.1) is 46.3 Å². The fraction of sp³-hybridized carbons (Fsp3) is 0.900. The molecule has 4 nitrogen and oxygen atoms in total. The number of H-pyrrole nitrogens is 1. The van der Waals surface area contributed by atoms with Crippen molar-refractivity contribution in [3.63, 3.8) is 0 Å². The Morgan fingerprint density at radius 1 is 1.06 bits per heavy atom. The van der Waals surface area contributed by atoms with E-state index in [0.29, 0.717) is 23.7 Å². The number of aromatic nitrogens is 2. The van der Waals surface area contributed by atoms with Gasteiger partial charge in [-0.25, -0.2) is 4.98 Å². The molecule has 1 aromatic rings. The first-order valence-corrected chi connectivity index (χ1v) is 14.5. The first-order chi connectivity index (χ1) is 16.1. The summed E-state index contributed by atoms with van der Waals surface area (Å²) < 4.78 is 0. The van der Waals surface area contributed by atoms with Gasteiger partial charge >= 0.3 is 0 Å². The normalized spacial score (nSPS) is 47.2. The van der Waals surface area contributed by atoms with Crippen molar-refractivity contribution >= 4 is 0 Å². The van der Waals surface area contributed by atoms with E-state index in [1.807, 2.05) is 12.4 Å². The minimum Gasteiger partial charge on any atom is -0.393 e. The number of fused-ring (bicyclic) bond motifs is 5. The molecule has 0 radical (unpaired) electrons. The molecule has 10 atom stereocenters. The van der Waals surface area contributed by atoms with Crippen LogP contribution in [-0.4, -0.2) is 31.9 Å². The molecule has 0 spiro atoms. The number of nitrogens with zero attached hydrogens (tertiary/aromatic N) is 1. The summed E-state index contributed by atoms with van der Waals surface area (Å²) in [7, 11) is 0. The van der Waals surface area contributed by atoms with Gasteiger partial charge in [0, 0.05) is 30.1 Å². The average Bonchev–Trinajstić information content (AvgIpc) is 3.41.